The standard InChI is InChI=1S/C18H19N3O2S/c1-3-21-10-15(9-19-21)20-18(22)17-8-14(12-24-17)11-23-16-7-5-4-6-13(16)2/h4-10,12H,3,11H2,1-2H3,(H,20,22). The number of nitrogens with one attached hydrogen (secondary N) is 1. The van der Waals surface area contributed by atoms with Crippen LogP contribution in [0.3, 0.4) is 0 Å². The molecule has 5 nitrogen and oxygen atoms in total. The molecule has 0 saturated heterocycles. The van der Waals surface area contributed by atoms with Crippen molar-refractivity contribution in [1.82, 2.24) is 9.78 Å². The fourth-order valence-corrected chi connectivity index (χ4v) is 3.04. The maximum atomic E-state index is 12.3. The van der Waals surface area contributed by atoms with E-state index in [1.165, 1.54) is 11.3 Å². The van der Waals surface area contributed by atoms with Crippen LogP contribution in [-0.2, 0) is 13.2 Å². The van der Waals surface area contributed by atoms with Gasteiger partial charge in [-0.15, -0.1) is 11.3 Å². The van der Waals surface area contributed by atoms with Crippen LogP contribution in [0.15, 0.2) is 48.1 Å². The lowest BCUT2D eigenvalue weighted by Crippen LogP contribution is -2.09. The van der Waals surface area contributed by atoms with Crippen molar-refractivity contribution in [3.05, 3.63) is 64.1 Å². The lowest BCUT2D eigenvalue weighted by molar-refractivity contribution is 0.103. The lowest BCUT2D eigenvalue weighted by atomic mass is 10.2. The average molecular weight is 341 g/mol. The highest BCUT2D eigenvalue weighted by atomic mass is 32.1. The molecule has 0 unspecified atom stereocenters. The van der Waals surface area contributed by atoms with Crippen molar-refractivity contribution in [2.24, 2.45) is 0 Å². The third-order valence-corrected chi connectivity index (χ3v) is 4.56. The fourth-order valence-electron chi connectivity index (χ4n) is 2.24. The highest BCUT2D eigenvalue weighted by Gasteiger charge is 2.11. The van der Waals surface area contributed by atoms with Gasteiger partial charge in [-0.05, 0) is 36.9 Å². The number of carbonyl (C=O) groups is 1. The molecule has 0 radical (unpaired) electrons. The van der Waals surface area contributed by atoms with Gasteiger partial charge < -0.3 is 10.1 Å². The van der Waals surface area contributed by atoms with Crippen molar-refractivity contribution in [3.8, 4) is 5.75 Å². The van der Waals surface area contributed by atoms with Crippen LogP contribution < -0.4 is 10.1 Å². The minimum Gasteiger partial charge on any atom is -0.489 e. The molecule has 0 atom stereocenters. The molecule has 0 aliphatic heterocycles. The van der Waals surface area contributed by atoms with E-state index in [4.69, 9.17) is 4.74 Å². The van der Waals surface area contributed by atoms with Crippen LogP contribution in [0.1, 0.15) is 27.7 Å². The predicted octanol–water partition coefficient (Wildman–Crippen LogP) is 4.10. The molecule has 0 bridgehead atoms. The summed E-state index contributed by atoms with van der Waals surface area (Å²) in [4.78, 5) is 12.9. The Labute approximate surface area is 144 Å². The van der Waals surface area contributed by atoms with Gasteiger partial charge in [0.1, 0.15) is 12.4 Å². The lowest BCUT2D eigenvalue weighted by Gasteiger charge is -2.07. The van der Waals surface area contributed by atoms with Gasteiger partial charge in [0, 0.05) is 18.3 Å². The molecular weight excluding hydrogens is 322 g/mol. The molecule has 1 amide bonds. The molecule has 2 heterocycles. The van der Waals surface area contributed by atoms with Crippen molar-refractivity contribution in [1.29, 1.82) is 0 Å². The van der Waals surface area contributed by atoms with Crippen LogP contribution in [-0.4, -0.2) is 15.7 Å². The van der Waals surface area contributed by atoms with Gasteiger partial charge in [-0.25, -0.2) is 0 Å². The number of aromatic nitrogens is 2. The third-order valence-electron chi connectivity index (χ3n) is 3.58. The van der Waals surface area contributed by atoms with Crippen LogP contribution in [0.25, 0.3) is 0 Å². The van der Waals surface area contributed by atoms with Crippen LogP contribution in [0.5, 0.6) is 5.75 Å². The number of thiophene rings is 1. The number of rotatable bonds is 6. The van der Waals surface area contributed by atoms with E-state index in [1.807, 2.05) is 55.8 Å². The first kappa shape index (κ1) is 16.3. The molecule has 0 fully saturated rings. The van der Waals surface area contributed by atoms with Crippen LogP contribution in [0, 0.1) is 6.92 Å². The zero-order valence-electron chi connectivity index (χ0n) is 13.7. The number of benzene rings is 1. The maximum Gasteiger partial charge on any atom is 0.265 e. The van der Waals surface area contributed by atoms with E-state index in [0.717, 1.165) is 23.4 Å². The zero-order chi connectivity index (χ0) is 16.9. The molecule has 6 heteroatoms. The first-order chi connectivity index (χ1) is 11.7. The van der Waals surface area contributed by atoms with E-state index >= 15 is 0 Å². The summed E-state index contributed by atoms with van der Waals surface area (Å²) in [5.74, 6) is 0.736. The number of amides is 1. The topological polar surface area (TPSA) is 56.2 Å². The van der Waals surface area contributed by atoms with Crippen LogP contribution in [0.2, 0.25) is 0 Å². The van der Waals surface area contributed by atoms with E-state index in [-0.39, 0.29) is 5.91 Å². The molecule has 2 aromatic heterocycles. The smallest absolute Gasteiger partial charge is 0.265 e. The molecular formula is C18H19N3O2S. The number of anilines is 1. The number of aryl methyl sites for hydroxylation is 2. The number of ether oxygens (including phenoxy) is 1. The molecule has 1 N–H and O–H groups in total. The van der Waals surface area contributed by atoms with Gasteiger partial charge >= 0.3 is 0 Å². The summed E-state index contributed by atoms with van der Waals surface area (Å²) in [6.45, 7) is 5.23. The Kier molecular flexibility index (Phi) is 4.96. The number of hydrogen-bond donors (Lipinski definition) is 1. The number of para-hydroxylation sites is 1. The summed E-state index contributed by atoms with van der Waals surface area (Å²) >= 11 is 1.41. The predicted molar refractivity (Wildman–Crippen MR) is 95.7 cm³/mol. The van der Waals surface area contributed by atoms with E-state index in [9.17, 15) is 4.79 Å². The molecule has 24 heavy (non-hydrogen) atoms. The summed E-state index contributed by atoms with van der Waals surface area (Å²) < 4.78 is 7.58. The summed E-state index contributed by atoms with van der Waals surface area (Å²) in [6, 6.07) is 9.75. The highest BCUT2D eigenvalue weighted by molar-refractivity contribution is 7.12. The first-order valence-corrected chi connectivity index (χ1v) is 8.63. The quantitative estimate of drug-likeness (QED) is 0.734. The molecule has 0 spiro atoms. The van der Waals surface area contributed by atoms with Gasteiger partial charge in [-0.2, -0.15) is 5.10 Å². The molecule has 0 aliphatic carbocycles. The second-order valence-electron chi connectivity index (χ2n) is 5.41. The van der Waals surface area contributed by atoms with Crippen molar-refractivity contribution < 1.29 is 9.53 Å². The first-order valence-electron chi connectivity index (χ1n) is 7.75. The van der Waals surface area contributed by atoms with Crippen molar-refractivity contribution in [2.45, 2.75) is 27.0 Å². The maximum absolute atomic E-state index is 12.3. The number of nitrogens with zero attached hydrogens (tertiary/aromatic N) is 2. The summed E-state index contributed by atoms with van der Waals surface area (Å²) in [6.07, 6.45) is 3.46. The van der Waals surface area contributed by atoms with Gasteiger partial charge in [0.25, 0.3) is 5.91 Å². The van der Waals surface area contributed by atoms with Gasteiger partial charge in [0.15, 0.2) is 0 Å². The fraction of sp³-hybridized carbons (Fsp3) is 0.222. The van der Waals surface area contributed by atoms with Crippen molar-refractivity contribution in [3.63, 3.8) is 0 Å². The van der Waals surface area contributed by atoms with Gasteiger partial charge in [-0.3, -0.25) is 9.48 Å². The molecule has 0 aliphatic rings. The Bertz CT molecular complexity index is 838. The Hall–Kier alpha value is -2.60. The third kappa shape index (κ3) is 3.83. The minimum absolute atomic E-state index is 0.127. The van der Waals surface area contributed by atoms with Crippen molar-refractivity contribution in [2.75, 3.05) is 5.32 Å². The zero-order valence-corrected chi connectivity index (χ0v) is 14.5. The van der Waals surface area contributed by atoms with Crippen LogP contribution >= 0.6 is 11.3 Å². The molecule has 124 valence electrons. The minimum atomic E-state index is -0.127. The van der Waals surface area contributed by atoms with E-state index in [2.05, 4.69) is 10.4 Å². The monoisotopic (exact) mass is 341 g/mol. The van der Waals surface area contributed by atoms with Crippen LogP contribution in [0.4, 0.5) is 5.69 Å². The second-order valence-corrected chi connectivity index (χ2v) is 6.32. The van der Waals surface area contributed by atoms with Gasteiger partial charge in [-0.1, -0.05) is 18.2 Å². The van der Waals surface area contributed by atoms with E-state index in [0.29, 0.717) is 17.2 Å². The SMILES string of the molecule is CCn1cc(NC(=O)c2cc(COc3ccccc3C)cs2)cn1. The van der Waals surface area contributed by atoms with Gasteiger partial charge in [0.05, 0.1) is 16.8 Å². The average Bonchev–Trinajstić information content (AvgIpc) is 3.23. The molecule has 3 aromatic rings. The number of carbonyl (C=O) groups excluding carboxylic acids is 1. The normalized spacial score (nSPS) is 10.6. The summed E-state index contributed by atoms with van der Waals surface area (Å²) in [7, 11) is 0. The Morgan fingerprint density at radius 2 is 2.21 bits per heavy atom. The molecule has 3 rings (SSSR count). The number of hydrogen-bond acceptors (Lipinski definition) is 4. The Morgan fingerprint density at radius 3 is 2.96 bits per heavy atom. The van der Waals surface area contributed by atoms with E-state index < -0.39 is 0 Å². The molecule has 1 aromatic carbocycles. The largest absolute Gasteiger partial charge is 0.489 e. The molecule has 0 saturated carbocycles. The Morgan fingerprint density at radius 1 is 1.38 bits per heavy atom. The summed E-state index contributed by atoms with van der Waals surface area (Å²) in [5.41, 5.74) is 2.78. The van der Waals surface area contributed by atoms with E-state index in [1.54, 1.807) is 10.9 Å². The van der Waals surface area contributed by atoms with Crippen molar-refractivity contribution >= 4 is 22.9 Å². The summed E-state index contributed by atoms with van der Waals surface area (Å²) in [5, 5.41) is 8.95. The second kappa shape index (κ2) is 7.31. The Balaban J connectivity index is 1.60. The highest BCUT2D eigenvalue weighted by Crippen LogP contribution is 2.21. The van der Waals surface area contributed by atoms with Gasteiger partial charge in [0.2, 0.25) is 0 Å².